The Kier molecular flexibility index (Phi) is 5.35. The van der Waals surface area contributed by atoms with E-state index in [1.165, 1.54) is 9.75 Å². The summed E-state index contributed by atoms with van der Waals surface area (Å²) < 4.78 is 0. The maximum atomic E-state index is 3.51. The van der Waals surface area contributed by atoms with Crippen LogP contribution in [-0.2, 0) is 12.0 Å². The van der Waals surface area contributed by atoms with Crippen molar-refractivity contribution in [3.8, 4) is 0 Å². The molecule has 0 bridgehead atoms. The third-order valence-corrected chi connectivity index (χ3v) is 5.02. The van der Waals surface area contributed by atoms with E-state index in [0.717, 1.165) is 13.1 Å². The highest BCUT2D eigenvalue weighted by Crippen LogP contribution is 2.29. The van der Waals surface area contributed by atoms with Crippen molar-refractivity contribution in [3.63, 3.8) is 0 Å². The molecule has 1 rings (SSSR count). The first-order chi connectivity index (χ1) is 7.43. The number of nitrogens with one attached hydrogen (secondary N) is 1. The first-order valence-corrected chi connectivity index (χ1v) is 7.86. The molecule has 0 amide bonds. The zero-order valence-corrected chi connectivity index (χ0v) is 12.6. The van der Waals surface area contributed by atoms with Crippen LogP contribution in [0.3, 0.4) is 0 Å². The second-order valence-electron chi connectivity index (χ2n) is 5.19. The quantitative estimate of drug-likeness (QED) is 0.859. The molecule has 1 heterocycles. The molecule has 0 aliphatic rings. The summed E-state index contributed by atoms with van der Waals surface area (Å²) >= 11 is 3.84. The van der Waals surface area contributed by atoms with Crippen molar-refractivity contribution in [2.75, 3.05) is 12.8 Å². The minimum Gasteiger partial charge on any atom is -0.311 e. The second kappa shape index (κ2) is 6.08. The van der Waals surface area contributed by atoms with Crippen molar-refractivity contribution in [1.82, 2.24) is 5.32 Å². The van der Waals surface area contributed by atoms with E-state index in [1.807, 2.05) is 23.1 Å². The zero-order valence-electron chi connectivity index (χ0n) is 11.0. The molecule has 1 nitrogen and oxygen atoms in total. The molecule has 3 heteroatoms. The van der Waals surface area contributed by atoms with Gasteiger partial charge in [0.25, 0.3) is 0 Å². The minimum absolute atomic E-state index is 0.287. The van der Waals surface area contributed by atoms with E-state index in [2.05, 4.69) is 51.4 Å². The molecule has 0 saturated carbocycles. The summed E-state index contributed by atoms with van der Waals surface area (Å²) in [5.41, 5.74) is 0.287. The maximum Gasteiger partial charge on any atom is 0.0300 e. The smallest absolute Gasteiger partial charge is 0.0300 e. The summed E-state index contributed by atoms with van der Waals surface area (Å²) in [6.07, 6.45) is 2.16. The predicted octanol–water partition coefficient (Wildman–Crippen LogP) is 3.89. The molecule has 92 valence electrons. The Morgan fingerprint density at radius 3 is 2.56 bits per heavy atom. The van der Waals surface area contributed by atoms with Crippen LogP contribution in [0.4, 0.5) is 0 Å². The normalized spacial score (nSPS) is 14.1. The Hall–Kier alpha value is 0.01000. The van der Waals surface area contributed by atoms with Gasteiger partial charge in [-0.3, -0.25) is 0 Å². The van der Waals surface area contributed by atoms with Crippen molar-refractivity contribution in [2.45, 2.75) is 44.9 Å². The van der Waals surface area contributed by atoms with Crippen LogP contribution >= 0.6 is 23.1 Å². The van der Waals surface area contributed by atoms with Gasteiger partial charge in [0.05, 0.1) is 0 Å². The largest absolute Gasteiger partial charge is 0.311 e. The Morgan fingerprint density at radius 2 is 2.06 bits per heavy atom. The maximum absolute atomic E-state index is 3.51. The predicted molar refractivity (Wildman–Crippen MR) is 77.7 cm³/mol. The second-order valence-corrected chi connectivity index (χ2v) is 7.64. The van der Waals surface area contributed by atoms with Gasteiger partial charge < -0.3 is 5.32 Å². The minimum atomic E-state index is 0.287. The fourth-order valence-corrected chi connectivity index (χ4v) is 2.68. The van der Waals surface area contributed by atoms with Gasteiger partial charge in [-0.2, -0.15) is 11.8 Å². The molecule has 0 fully saturated rings. The van der Waals surface area contributed by atoms with E-state index in [-0.39, 0.29) is 5.41 Å². The van der Waals surface area contributed by atoms with Gasteiger partial charge >= 0.3 is 0 Å². The first-order valence-electron chi connectivity index (χ1n) is 5.76. The Bertz CT molecular complexity index is 312. The van der Waals surface area contributed by atoms with Crippen molar-refractivity contribution < 1.29 is 0 Å². The van der Waals surface area contributed by atoms with Gasteiger partial charge in [-0.1, -0.05) is 27.7 Å². The van der Waals surface area contributed by atoms with Crippen molar-refractivity contribution in [2.24, 2.45) is 0 Å². The lowest BCUT2D eigenvalue weighted by Gasteiger charge is -2.15. The fourth-order valence-electron chi connectivity index (χ4n) is 1.36. The molecule has 0 spiro atoms. The summed E-state index contributed by atoms with van der Waals surface area (Å²) in [6.45, 7) is 11.2. The van der Waals surface area contributed by atoms with Crippen LogP contribution < -0.4 is 5.32 Å². The van der Waals surface area contributed by atoms with E-state index in [9.17, 15) is 0 Å². The highest BCUT2D eigenvalue weighted by molar-refractivity contribution is 7.99. The summed E-state index contributed by atoms with van der Waals surface area (Å²) in [5, 5.41) is 4.20. The lowest BCUT2D eigenvalue weighted by molar-refractivity contribution is 0.604. The summed E-state index contributed by atoms with van der Waals surface area (Å²) in [7, 11) is 0. The standard InChI is InChI=1S/C13H23NS2/c1-10(15-5)8-14-9-11-6-7-12(16-11)13(2,3)4/h6-7,10,14H,8-9H2,1-5H3. The number of rotatable bonds is 5. The third kappa shape index (κ3) is 4.48. The highest BCUT2D eigenvalue weighted by Gasteiger charge is 2.15. The van der Waals surface area contributed by atoms with Crippen LogP contribution in [0.2, 0.25) is 0 Å². The topological polar surface area (TPSA) is 12.0 Å². The molecule has 1 N–H and O–H groups in total. The SMILES string of the molecule is CSC(C)CNCc1ccc(C(C)(C)C)s1. The molecule has 1 atom stereocenters. The Labute approximate surface area is 108 Å². The van der Waals surface area contributed by atoms with Crippen LogP contribution in [0.25, 0.3) is 0 Å². The highest BCUT2D eigenvalue weighted by atomic mass is 32.2. The number of thiophene rings is 1. The lowest BCUT2D eigenvalue weighted by atomic mass is 9.95. The van der Waals surface area contributed by atoms with E-state index in [1.54, 1.807) is 0 Å². The Morgan fingerprint density at radius 1 is 1.38 bits per heavy atom. The van der Waals surface area contributed by atoms with Gasteiger partial charge in [0.1, 0.15) is 0 Å². The van der Waals surface area contributed by atoms with Gasteiger partial charge in [-0.15, -0.1) is 11.3 Å². The molecular formula is C13H23NS2. The average molecular weight is 257 g/mol. The van der Waals surface area contributed by atoms with Crippen LogP contribution in [0.5, 0.6) is 0 Å². The monoisotopic (exact) mass is 257 g/mol. The molecule has 1 aromatic rings. The third-order valence-electron chi connectivity index (χ3n) is 2.53. The van der Waals surface area contributed by atoms with Gasteiger partial charge in [0.15, 0.2) is 0 Å². The molecule has 0 aliphatic heterocycles. The molecule has 0 aromatic carbocycles. The van der Waals surface area contributed by atoms with E-state index < -0.39 is 0 Å². The number of hydrogen-bond acceptors (Lipinski definition) is 3. The number of hydrogen-bond donors (Lipinski definition) is 1. The van der Waals surface area contributed by atoms with Crippen molar-refractivity contribution in [3.05, 3.63) is 21.9 Å². The van der Waals surface area contributed by atoms with Gasteiger partial charge in [-0.25, -0.2) is 0 Å². The molecule has 16 heavy (non-hydrogen) atoms. The summed E-state index contributed by atoms with van der Waals surface area (Å²) in [5.74, 6) is 0. The van der Waals surface area contributed by atoms with Crippen molar-refractivity contribution >= 4 is 23.1 Å². The summed E-state index contributed by atoms with van der Waals surface area (Å²) in [4.78, 5) is 2.92. The van der Waals surface area contributed by atoms with E-state index >= 15 is 0 Å². The molecular weight excluding hydrogens is 234 g/mol. The van der Waals surface area contributed by atoms with Crippen LogP contribution in [0, 0.1) is 0 Å². The summed E-state index contributed by atoms with van der Waals surface area (Å²) in [6, 6.07) is 4.52. The van der Waals surface area contributed by atoms with Crippen molar-refractivity contribution in [1.29, 1.82) is 0 Å². The molecule has 0 aliphatic carbocycles. The fraction of sp³-hybridized carbons (Fsp3) is 0.692. The molecule has 0 saturated heterocycles. The van der Waals surface area contributed by atoms with Crippen LogP contribution in [-0.4, -0.2) is 18.1 Å². The van der Waals surface area contributed by atoms with E-state index in [0.29, 0.717) is 5.25 Å². The molecule has 1 aromatic heterocycles. The molecule has 1 unspecified atom stereocenters. The first kappa shape index (κ1) is 14.1. The van der Waals surface area contributed by atoms with Gasteiger partial charge in [-0.05, 0) is 23.8 Å². The number of thioether (sulfide) groups is 1. The zero-order chi connectivity index (χ0) is 12.2. The average Bonchev–Trinajstić information content (AvgIpc) is 2.65. The molecule has 0 radical (unpaired) electrons. The van der Waals surface area contributed by atoms with Gasteiger partial charge in [0, 0.05) is 28.1 Å². The lowest BCUT2D eigenvalue weighted by Crippen LogP contribution is -2.21. The van der Waals surface area contributed by atoms with Gasteiger partial charge in [0.2, 0.25) is 0 Å². The van der Waals surface area contributed by atoms with Crippen LogP contribution in [0.1, 0.15) is 37.4 Å². The van der Waals surface area contributed by atoms with Crippen LogP contribution in [0.15, 0.2) is 12.1 Å². The Balaban J connectivity index is 2.41. The van der Waals surface area contributed by atoms with E-state index in [4.69, 9.17) is 0 Å².